The van der Waals surface area contributed by atoms with Crippen molar-refractivity contribution in [1.29, 1.82) is 0 Å². The molecule has 2 aromatic carbocycles. The van der Waals surface area contributed by atoms with Crippen molar-refractivity contribution in [3.8, 4) is 0 Å². The Kier molecular flexibility index (Phi) is 5.90. The first-order chi connectivity index (χ1) is 13.3. The van der Waals surface area contributed by atoms with E-state index in [2.05, 4.69) is 5.32 Å². The molecule has 1 saturated heterocycles. The summed E-state index contributed by atoms with van der Waals surface area (Å²) in [7, 11) is -3.36. The molecule has 1 heterocycles. The Morgan fingerprint density at radius 3 is 2.46 bits per heavy atom. The number of nitrogens with one attached hydrogen (secondary N) is 1. The lowest BCUT2D eigenvalue weighted by Gasteiger charge is -2.32. The van der Waals surface area contributed by atoms with Crippen LogP contribution in [0.15, 0.2) is 48.5 Å². The van der Waals surface area contributed by atoms with Crippen LogP contribution in [0.4, 0.5) is 17.1 Å². The highest BCUT2D eigenvalue weighted by molar-refractivity contribution is 7.91. The Morgan fingerprint density at radius 1 is 1.18 bits per heavy atom. The highest BCUT2D eigenvalue weighted by Crippen LogP contribution is 2.26. The predicted molar refractivity (Wildman–Crippen MR) is 111 cm³/mol. The average Bonchev–Trinajstić information content (AvgIpc) is 2.93. The van der Waals surface area contributed by atoms with E-state index in [9.17, 15) is 18.3 Å². The van der Waals surface area contributed by atoms with Gasteiger partial charge in [0.1, 0.15) is 0 Å². The summed E-state index contributed by atoms with van der Waals surface area (Å²) in [4.78, 5) is 14.4. The van der Waals surface area contributed by atoms with Gasteiger partial charge in [0.15, 0.2) is 9.84 Å². The largest absolute Gasteiger partial charge is 0.399 e. The zero-order valence-electron chi connectivity index (χ0n) is 15.7. The molecule has 2 unspecified atom stereocenters. The van der Waals surface area contributed by atoms with Crippen molar-refractivity contribution in [1.82, 2.24) is 0 Å². The van der Waals surface area contributed by atoms with Crippen molar-refractivity contribution in [3.63, 3.8) is 0 Å². The molecule has 1 aliphatic rings. The second-order valence-corrected chi connectivity index (χ2v) is 9.14. The molecule has 0 aliphatic carbocycles. The molecule has 3 rings (SSSR count). The van der Waals surface area contributed by atoms with Crippen LogP contribution in [0.1, 0.15) is 12.5 Å². The maximum absolute atomic E-state index is 12.7. The van der Waals surface area contributed by atoms with Gasteiger partial charge in [0.2, 0.25) is 5.91 Å². The van der Waals surface area contributed by atoms with Crippen molar-refractivity contribution in [2.24, 2.45) is 0 Å². The van der Waals surface area contributed by atoms with Gasteiger partial charge in [0.05, 0.1) is 30.2 Å². The minimum Gasteiger partial charge on any atom is -0.399 e. The summed E-state index contributed by atoms with van der Waals surface area (Å²) in [6, 6.07) is 13.7. The van der Waals surface area contributed by atoms with Crippen molar-refractivity contribution in [3.05, 3.63) is 54.1 Å². The molecule has 2 aromatic rings. The summed E-state index contributed by atoms with van der Waals surface area (Å²) in [6.45, 7) is 1.92. The van der Waals surface area contributed by atoms with Gasteiger partial charge in [-0.25, -0.2) is 8.42 Å². The Hall–Kier alpha value is -2.58. The number of para-hydroxylation sites is 1. The van der Waals surface area contributed by atoms with Crippen molar-refractivity contribution < 1.29 is 18.3 Å². The second kappa shape index (κ2) is 8.20. The third-order valence-corrected chi connectivity index (χ3v) is 6.60. The summed E-state index contributed by atoms with van der Waals surface area (Å²) in [6.07, 6.45) is -0.282. The quantitative estimate of drug-likeness (QED) is 0.629. The van der Waals surface area contributed by atoms with Gasteiger partial charge in [0, 0.05) is 17.1 Å². The third-order valence-electron chi connectivity index (χ3n) is 4.90. The molecule has 0 saturated carbocycles. The standard InChI is InChI=1S/C20H25N3O4S/c1-2-14-5-3-4-6-17(14)22-20(25)11-23(16-9-7-15(21)8-10-16)18-12-28(26,27)13-19(18)24/h3-10,18-19,24H,2,11-13,21H2,1H3,(H,22,25). The summed E-state index contributed by atoms with van der Waals surface area (Å²) >= 11 is 0. The van der Waals surface area contributed by atoms with Crippen LogP contribution in [-0.4, -0.2) is 49.6 Å². The van der Waals surface area contributed by atoms with Gasteiger partial charge in [-0.1, -0.05) is 25.1 Å². The van der Waals surface area contributed by atoms with Gasteiger partial charge in [-0.15, -0.1) is 0 Å². The van der Waals surface area contributed by atoms with Crippen molar-refractivity contribution in [2.45, 2.75) is 25.5 Å². The molecule has 2 atom stereocenters. The molecule has 0 bridgehead atoms. The Bertz CT molecular complexity index is 944. The van der Waals surface area contributed by atoms with E-state index in [1.165, 1.54) is 0 Å². The van der Waals surface area contributed by atoms with E-state index in [-0.39, 0.29) is 24.0 Å². The third kappa shape index (κ3) is 4.63. The first kappa shape index (κ1) is 20.2. The number of nitrogens with two attached hydrogens (primary N) is 1. The number of carbonyl (C=O) groups excluding carboxylic acids is 1. The molecule has 0 spiro atoms. The molecule has 1 aliphatic heterocycles. The van der Waals surface area contributed by atoms with E-state index in [4.69, 9.17) is 5.73 Å². The number of hydrogen-bond donors (Lipinski definition) is 3. The molecule has 1 amide bonds. The zero-order valence-corrected chi connectivity index (χ0v) is 16.5. The Morgan fingerprint density at radius 2 is 1.86 bits per heavy atom. The number of aryl methyl sites for hydroxylation is 1. The van der Waals surface area contributed by atoms with Gasteiger partial charge in [-0.2, -0.15) is 0 Å². The summed E-state index contributed by atoms with van der Waals surface area (Å²) in [5.41, 5.74) is 8.68. The maximum atomic E-state index is 12.7. The van der Waals surface area contributed by atoms with Crippen LogP contribution in [0.5, 0.6) is 0 Å². The smallest absolute Gasteiger partial charge is 0.243 e. The highest BCUT2D eigenvalue weighted by atomic mass is 32.2. The number of aliphatic hydroxyl groups is 1. The van der Waals surface area contributed by atoms with Crippen LogP contribution in [-0.2, 0) is 21.1 Å². The second-order valence-electron chi connectivity index (χ2n) is 6.99. The number of carbonyl (C=O) groups is 1. The van der Waals surface area contributed by atoms with Crippen LogP contribution in [0.25, 0.3) is 0 Å². The van der Waals surface area contributed by atoms with Crippen LogP contribution < -0.4 is 16.0 Å². The first-order valence-electron chi connectivity index (χ1n) is 9.17. The minimum absolute atomic E-state index is 0.0841. The van der Waals surface area contributed by atoms with Gasteiger partial charge in [-0.05, 0) is 42.3 Å². The fraction of sp³-hybridized carbons (Fsp3) is 0.350. The molecule has 0 radical (unpaired) electrons. The molecule has 1 fully saturated rings. The molecular formula is C20H25N3O4S. The highest BCUT2D eigenvalue weighted by Gasteiger charge is 2.40. The summed E-state index contributed by atoms with van der Waals surface area (Å²) < 4.78 is 24.0. The van der Waals surface area contributed by atoms with Gasteiger partial charge >= 0.3 is 0 Å². The molecule has 150 valence electrons. The topological polar surface area (TPSA) is 113 Å². The van der Waals surface area contributed by atoms with Gasteiger partial charge < -0.3 is 21.1 Å². The molecule has 7 nitrogen and oxygen atoms in total. The lowest BCUT2D eigenvalue weighted by molar-refractivity contribution is -0.115. The minimum atomic E-state index is -3.36. The lowest BCUT2D eigenvalue weighted by Crippen LogP contribution is -2.47. The number of nitrogen functional groups attached to an aromatic ring is 1. The monoisotopic (exact) mass is 403 g/mol. The maximum Gasteiger partial charge on any atom is 0.243 e. The molecule has 0 aromatic heterocycles. The molecule has 28 heavy (non-hydrogen) atoms. The summed E-state index contributed by atoms with van der Waals surface area (Å²) in [5, 5.41) is 13.2. The van der Waals surface area contributed by atoms with E-state index in [1.807, 2.05) is 31.2 Å². The number of sulfone groups is 1. The number of benzene rings is 2. The Balaban J connectivity index is 1.85. The SMILES string of the molecule is CCc1ccccc1NC(=O)CN(c1ccc(N)cc1)C1CS(=O)(=O)CC1O. The lowest BCUT2D eigenvalue weighted by atomic mass is 10.1. The van der Waals surface area contributed by atoms with E-state index >= 15 is 0 Å². The van der Waals surface area contributed by atoms with Crippen LogP contribution in [0.2, 0.25) is 0 Å². The van der Waals surface area contributed by atoms with Crippen LogP contribution >= 0.6 is 0 Å². The zero-order chi connectivity index (χ0) is 20.3. The van der Waals surface area contributed by atoms with E-state index < -0.39 is 22.0 Å². The first-order valence-corrected chi connectivity index (χ1v) is 11.0. The summed E-state index contributed by atoms with van der Waals surface area (Å²) in [5.74, 6) is -0.782. The van der Waals surface area contributed by atoms with Crippen LogP contribution in [0.3, 0.4) is 0 Å². The van der Waals surface area contributed by atoms with Gasteiger partial charge in [-0.3, -0.25) is 4.79 Å². The fourth-order valence-electron chi connectivity index (χ4n) is 3.47. The molecular weight excluding hydrogens is 378 g/mol. The van der Waals surface area contributed by atoms with E-state index in [0.29, 0.717) is 11.4 Å². The fourth-order valence-corrected chi connectivity index (χ4v) is 5.27. The van der Waals surface area contributed by atoms with E-state index in [1.54, 1.807) is 29.2 Å². The number of hydrogen-bond acceptors (Lipinski definition) is 6. The molecule has 4 N–H and O–H groups in total. The average molecular weight is 404 g/mol. The number of nitrogens with zero attached hydrogens (tertiary/aromatic N) is 1. The van der Waals surface area contributed by atoms with Crippen molar-refractivity contribution in [2.75, 3.05) is 34.0 Å². The number of aliphatic hydroxyl groups excluding tert-OH is 1. The van der Waals surface area contributed by atoms with Crippen LogP contribution in [0, 0.1) is 0 Å². The van der Waals surface area contributed by atoms with Gasteiger partial charge in [0.25, 0.3) is 0 Å². The normalized spacial score (nSPS) is 20.6. The van der Waals surface area contributed by atoms with E-state index in [0.717, 1.165) is 17.7 Å². The Labute approximate surface area is 165 Å². The number of rotatable bonds is 6. The van der Waals surface area contributed by atoms with Crippen molar-refractivity contribution >= 4 is 32.8 Å². The number of anilines is 3. The molecule has 8 heteroatoms. The predicted octanol–water partition coefficient (Wildman–Crippen LogP) is 1.43. The number of amides is 1.